The lowest BCUT2D eigenvalue weighted by atomic mass is 9.94. The van der Waals surface area contributed by atoms with Gasteiger partial charge in [-0.05, 0) is 42.7 Å². The molecule has 2 atom stereocenters. The van der Waals surface area contributed by atoms with Crippen LogP contribution in [0, 0.1) is 0 Å². The van der Waals surface area contributed by atoms with Crippen molar-refractivity contribution in [2.45, 2.75) is 31.2 Å². The fourth-order valence-corrected chi connectivity index (χ4v) is 3.70. The van der Waals surface area contributed by atoms with Crippen LogP contribution in [0.1, 0.15) is 24.0 Å². The van der Waals surface area contributed by atoms with E-state index < -0.39 is 11.8 Å². The van der Waals surface area contributed by atoms with Crippen molar-refractivity contribution < 1.29 is 9.90 Å². The molecule has 1 fully saturated rings. The number of pyridine rings is 1. The zero-order chi connectivity index (χ0) is 18.6. The van der Waals surface area contributed by atoms with Crippen LogP contribution in [0.25, 0.3) is 0 Å². The molecule has 2 N–H and O–H groups in total. The van der Waals surface area contributed by atoms with Gasteiger partial charge in [0, 0.05) is 37.6 Å². The van der Waals surface area contributed by atoms with E-state index in [1.54, 1.807) is 36.7 Å². The number of nitrogens with one attached hydrogen (secondary N) is 1. The molecule has 0 unspecified atom stereocenters. The van der Waals surface area contributed by atoms with Gasteiger partial charge in [-0.1, -0.05) is 29.3 Å². The molecule has 5 nitrogen and oxygen atoms in total. The highest BCUT2D eigenvalue weighted by Gasteiger charge is 2.44. The number of aliphatic hydroxyl groups is 1. The molecule has 2 aromatic rings. The van der Waals surface area contributed by atoms with E-state index in [0.717, 1.165) is 37.8 Å². The molecule has 138 valence electrons. The molecule has 1 aliphatic rings. The van der Waals surface area contributed by atoms with E-state index >= 15 is 0 Å². The minimum Gasteiger partial charge on any atom is -0.369 e. The van der Waals surface area contributed by atoms with Crippen LogP contribution in [-0.4, -0.2) is 40.4 Å². The van der Waals surface area contributed by atoms with E-state index in [1.807, 2.05) is 11.0 Å². The zero-order valence-corrected chi connectivity index (χ0v) is 15.7. The third-order valence-electron chi connectivity index (χ3n) is 4.77. The monoisotopic (exact) mass is 393 g/mol. The van der Waals surface area contributed by atoms with Crippen LogP contribution in [0.3, 0.4) is 0 Å². The molecule has 1 aliphatic heterocycles. The molecule has 0 bridgehead atoms. The Balaban J connectivity index is 1.85. The average molecular weight is 394 g/mol. The third kappa shape index (κ3) is 3.92. The number of carbonyl (C=O) groups is 1. The Hall–Kier alpha value is -1.50. The van der Waals surface area contributed by atoms with Gasteiger partial charge in [-0.25, -0.2) is 0 Å². The van der Waals surface area contributed by atoms with Gasteiger partial charge in [-0.2, -0.15) is 0 Å². The summed E-state index contributed by atoms with van der Waals surface area (Å²) in [6.07, 6.45) is 5.99. The average Bonchev–Trinajstić information content (AvgIpc) is 3.21. The van der Waals surface area contributed by atoms with Crippen LogP contribution in [0.4, 0.5) is 0 Å². The lowest BCUT2D eigenvalue weighted by molar-refractivity contribution is -0.145. The second-order valence-electron chi connectivity index (χ2n) is 6.40. The van der Waals surface area contributed by atoms with Crippen molar-refractivity contribution in [3.63, 3.8) is 0 Å². The van der Waals surface area contributed by atoms with Gasteiger partial charge >= 0.3 is 0 Å². The quantitative estimate of drug-likeness (QED) is 0.707. The van der Waals surface area contributed by atoms with E-state index in [0.29, 0.717) is 22.2 Å². The van der Waals surface area contributed by atoms with Gasteiger partial charge in [0.25, 0.3) is 0 Å². The predicted molar refractivity (Wildman–Crippen MR) is 102 cm³/mol. The summed E-state index contributed by atoms with van der Waals surface area (Å²) >= 11 is 12.0. The number of likely N-dealkylation sites (tertiary alicyclic amines) is 1. The van der Waals surface area contributed by atoms with E-state index in [1.165, 1.54) is 0 Å². The Labute approximate surface area is 162 Å². The summed E-state index contributed by atoms with van der Waals surface area (Å²) in [4.78, 5) is 17.9. The summed E-state index contributed by atoms with van der Waals surface area (Å²) in [7, 11) is 0. The van der Waals surface area contributed by atoms with Crippen molar-refractivity contribution in [1.29, 1.82) is 0 Å². The summed E-state index contributed by atoms with van der Waals surface area (Å²) in [5, 5.41) is 15.7. The molecule has 0 aliphatic carbocycles. The molecule has 0 radical (unpaired) electrons. The molecule has 2 heterocycles. The topological polar surface area (TPSA) is 65.5 Å². The molecule has 0 amide bonds. The number of hydrogen-bond donors (Lipinski definition) is 2. The van der Waals surface area contributed by atoms with Gasteiger partial charge < -0.3 is 9.90 Å². The number of benzene rings is 1. The second-order valence-corrected chi connectivity index (χ2v) is 7.21. The molecular formula is C19H21Cl2N3O2. The minimum atomic E-state index is -1.43. The smallest absolute Gasteiger partial charge is 0.167 e. The van der Waals surface area contributed by atoms with Gasteiger partial charge in [0.05, 0.1) is 10.0 Å². The van der Waals surface area contributed by atoms with Crippen LogP contribution in [-0.2, 0) is 17.1 Å². The number of halogens is 2. The van der Waals surface area contributed by atoms with Gasteiger partial charge in [0.2, 0.25) is 0 Å². The first kappa shape index (κ1) is 19.3. The molecule has 1 saturated heterocycles. The lowest BCUT2D eigenvalue weighted by Gasteiger charge is -2.41. The zero-order valence-electron chi connectivity index (χ0n) is 14.2. The number of carbonyl (C=O) groups excluding carboxylic acids is 1. The molecule has 7 heteroatoms. The van der Waals surface area contributed by atoms with E-state index in [-0.39, 0.29) is 0 Å². The van der Waals surface area contributed by atoms with Gasteiger partial charge in [-0.15, -0.1) is 0 Å². The number of nitrogens with zero attached hydrogens (tertiary/aromatic N) is 2. The van der Waals surface area contributed by atoms with Crippen LogP contribution in [0.2, 0.25) is 10.0 Å². The number of hydrogen-bond acceptors (Lipinski definition) is 5. The van der Waals surface area contributed by atoms with E-state index in [2.05, 4.69) is 10.3 Å². The van der Waals surface area contributed by atoms with Crippen molar-refractivity contribution in [2.75, 3.05) is 13.1 Å². The Morgan fingerprint density at radius 3 is 2.50 bits per heavy atom. The maximum absolute atomic E-state index is 11.9. The molecule has 1 aromatic carbocycles. The third-order valence-corrected chi connectivity index (χ3v) is 5.51. The molecule has 26 heavy (non-hydrogen) atoms. The maximum Gasteiger partial charge on any atom is 0.167 e. The highest BCUT2D eigenvalue weighted by atomic mass is 35.5. The minimum absolute atomic E-state index is 0.377. The molecule has 1 aromatic heterocycles. The largest absolute Gasteiger partial charge is 0.369 e. The number of aromatic nitrogens is 1. The Morgan fingerprint density at radius 1 is 1.19 bits per heavy atom. The Bertz CT molecular complexity index is 754. The van der Waals surface area contributed by atoms with Crippen molar-refractivity contribution >= 4 is 29.5 Å². The highest BCUT2D eigenvalue weighted by molar-refractivity contribution is 6.42. The predicted octanol–water partition coefficient (Wildman–Crippen LogP) is 2.99. The molecule has 0 spiro atoms. The highest BCUT2D eigenvalue weighted by Crippen LogP contribution is 2.32. The SMILES string of the molecule is O=C[C@H](NCc1ccc(Cl)c(Cl)c1)[C@@](O)(c1ccncc1)N1CCCC1. The Morgan fingerprint density at radius 2 is 1.88 bits per heavy atom. The van der Waals surface area contributed by atoms with Gasteiger partial charge in [-0.3, -0.25) is 15.2 Å². The molecular weight excluding hydrogens is 373 g/mol. The van der Waals surface area contributed by atoms with Crippen molar-refractivity contribution in [3.05, 3.63) is 63.9 Å². The maximum atomic E-state index is 11.9. The van der Waals surface area contributed by atoms with Crippen LogP contribution in [0.15, 0.2) is 42.7 Å². The van der Waals surface area contributed by atoms with Crippen LogP contribution in [0.5, 0.6) is 0 Å². The van der Waals surface area contributed by atoms with Crippen LogP contribution >= 0.6 is 23.2 Å². The first-order chi connectivity index (χ1) is 12.6. The van der Waals surface area contributed by atoms with Crippen LogP contribution < -0.4 is 5.32 Å². The van der Waals surface area contributed by atoms with E-state index in [4.69, 9.17) is 23.2 Å². The normalized spacial score (nSPS) is 18.4. The first-order valence-corrected chi connectivity index (χ1v) is 9.32. The molecule has 0 saturated carbocycles. The number of aldehydes is 1. The van der Waals surface area contributed by atoms with E-state index in [9.17, 15) is 9.90 Å². The number of rotatable bonds is 7. The summed E-state index contributed by atoms with van der Waals surface area (Å²) in [5.74, 6) is 0. The fraction of sp³-hybridized carbons (Fsp3) is 0.368. The summed E-state index contributed by atoms with van der Waals surface area (Å²) < 4.78 is 0. The summed E-state index contributed by atoms with van der Waals surface area (Å²) in [5.41, 5.74) is 0.0927. The molecule has 3 rings (SSSR count). The Kier molecular flexibility index (Phi) is 6.27. The van der Waals surface area contributed by atoms with Gasteiger partial charge in [0.15, 0.2) is 5.72 Å². The summed E-state index contributed by atoms with van der Waals surface area (Å²) in [6, 6.07) is 7.99. The van der Waals surface area contributed by atoms with Crippen molar-refractivity contribution in [3.8, 4) is 0 Å². The van der Waals surface area contributed by atoms with Gasteiger partial charge in [0.1, 0.15) is 12.3 Å². The van der Waals surface area contributed by atoms with Crippen molar-refractivity contribution in [2.24, 2.45) is 0 Å². The fourth-order valence-electron chi connectivity index (χ4n) is 3.38. The second kappa shape index (κ2) is 8.46. The standard InChI is InChI=1S/C19H21Cl2N3O2/c20-16-4-3-14(11-17(16)21)12-23-18(13-25)19(26,24-9-1-2-10-24)15-5-7-22-8-6-15/h3-8,11,13,18,23,26H,1-2,9-10,12H2/t18-,19-/m0/s1. The first-order valence-electron chi connectivity index (χ1n) is 8.56. The summed E-state index contributed by atoms with van der Waals surface area (Å²) in [6.45, 7) is 1.84. The van der Waals surface area contributed by atoms with Crippen molar-refractivity contribution in [1.82, 2.24) is 15.2 Å². The lowest BCUT2D eigenvalue weighted by Crippen LogP contribution is -2.59.